The Bertz CT molecular complexity index is 683. The van der Waals surface area contributed by atoms with Crippen LogP contribution in [0.1, 0.15) is 55.7 Å². The highest BCUT2D eigenvalue weighted by atomic mass is 16.4. The molecule has 1 aliphatic carbocycles. The second-order valence-electron chi connectivity index (χ2n) is 6.53. The minimum Gasteiger partial charge on any atom is -0.478 e. The summed E-state index contributed by atoms with van der Waals surface area (Å²) in [6.45, 7) is 7.44. The predicted octanol–water partition coefficient (Wildman–Crippen LogP) is 3.90. The van der Waals surface area contributed by atoms with Crippen LogP contribution in [0.5, 0.6) is 0 Å². The zero-order valence-corrected chi connectivity index (χ0v) is 12.8. The molecule has 3 rings (SSSR count). The number of nitrogens with zero attached hydrogens (tertiary/aromatic N) is 2. The van der Waals surface area contributed by atoms with Gasteiger partial charge in [-0.15, -0.1) is 0 Å². The van der Waals surface area contributed by atoms with Crippen LogP contribution in [-0.4, -0.2) is 20.6 Å². The fourth-order valence-electron chi connectivity index (χ4n) is 3.07. The first-order chi connectivity index (χ1) is 9.99. The number of para-hydroxylation sites is 1. The van der Waals surface area contributed by atoms with Gasteiger partial charge in [0.2, 0.25) is 0 Å². The molecule has 1 fully saturated rings. The van der Waals surface area contributed by atoms with E-state index < -0.39 is 5.97 Å². The summed E-state index contributed by atoms with van der Waals surface area (Å²) in [4.78, 5) is 16.0. The van der Waals surface area contributed by atoms with Crippen LogP contribution in [0.3, 0.4) is 0 Å². The number of benzene rings is 1. The predicted molar refractivity (Wildman–Crippen MR) is 82.7 cm³/mol. The van der Waals surface area contributed by atoms with Crippen LogP contribution in [0.2, 0.25) is 0 Å². The standard InChI is InChI=1S/C17H22N2O2/c1-10(2)16-18-15-13(17(20)21)5-4-6-14(15)19(16)9-11(3)12-7-8-12/h4-6,10-12H,7-9H2,1-3H3,(H,20,21). The van der Waals surface area contributed by atoms with Gasteiger partial charge in [0, 0.05) is 12.5 Å². The highest BCUT2D eigenvalue weighted by Crippen LogP contribution is 2.38. The normalized spacial score (nSPS) is 16.6. The summed E-state index contributed by atoms with van der Waals surface area (Å²) < 4.78 is 2.23. The molecular formula is C17H22N2O2. The molecule has 0 aliphatic heterocycles. The third-order valence-electron chi connectivity index (χ3n) is 4.45. The minimum atomic E-state index is -0.907. The molecule has 1 aromatic heterocycles. The van der Waals surface area contributed by atoms with Gasteiger partial charge in [-0.25, -0.2) is 9.78 Å². The number of imidazole rings is 1. The van der Waals surface area contributed by atoms with Crippen molar-refractivity contribution < 1.29 is 9.90 Å². The van der Waals surface area contributed by atoms with E-state index in [1.54, 1.807) is 6.07 Å². The number of carboxylic acids is 1. The van der Waals surface area contributed by atoms with Crippen LogP contribution in [0.25, 0.3) is 11.0 Å². The number of carboxylic acid groups (broad SMARTS) is 1. The molecule has 1 aliphatic rings. The summed E-state index contributed by atoms with van der Waals surface area (Å²) in [6.07, 6.45) is 2.65. The molecule has 1 unspecified atom stereocenters. The molecule has 0 spiro atoms. The van der Waals surface area contributed by atoms with E-state index in [0.717, 1.165) is 23.8 Å². The Morgan fingerprint density at radius 2 is 2.10 bits per heavy atom. The second-order valence-corrected chi connectivity index (χ2v) is 6.53. The molecular weight excluding hydrogens is 264 g/mol. The average Bonchev–Trinajstić information content (AvgIpc) is 3.21. The Morgan fingerprint density at radius 3 is 2.67 bits per heavy atom. The molecule has 21 heavy (non-hydrogen) atoms. The van der Waals surface area contributed by atoms with E-state index in [9.17, 15) is 9.90 Å². The fraction of sp³-hybridized carbons (Fsp3) is 0.529. The van der Waals surface area contributed by atoms with Crippen LogP contribution in [-0.2, 0) is 6.54 Å². The van der Waals surface area contributed by atoms with Crippen molar-refractivity contribution in [2.45, 2.75) is 46.1 Å². The molecule has 112 valence electrons. The largest absolute Gasteiger partial charge is 0.478 e. The molecule has 1 N–H and O–H groups in total. The Balaban J connectivity index is 2.13. The average molecular weight is 286 g/mol. The summed E-state index contributed by atoms with van der Waals surface area (Å²) in [7, 11) is 0. The lowest BCUT2D eigenvalue weighted by Gasteiger charge is -2.16. The van der Waals surface area contributed by atoms with Gasteiger partial charge in [-0.2, -0.15) is 0 Å². The van der Waals surface area contributed by atoms with Crippen molar-refractivity contribution in [2.75, 3.05) is 0 Å². The second kappa shape index (κ2) is 5.17. The molecule has 1 aromatic carbocycles. The summed E-state index contributed by atoms with van der Waals surface area (Å²) >= 11 is 0. The van der Waals surface area contributed by atoms with Crippen molar-refractivity contribution in [1.29, 1.82) is 0 Å². The Labute approximate surface area is 124 Å². The van der Waals surface area contributed by atoms with Crippen molar-refractivity contribution in [3.05, 3.63) is 29.6 Å². The quantitative estimate of drug-likeness (QED) is 0.906. The Kier molecular flexibility index (Phi) is 3.47. The first-order valence-electron chi connectivity index (χ1n) is 7.71. The van der Waals surface area contributed by atoms with Gasteiger partial charge < -0.3 is 9.67 Å². The van der Waals surface area contributed by atoms with E-state index in [4.69, 9.17) is 0 Å². The van der Waals surface area contributed by atoms with E-state index in [1.165, 1.54) is 12.8 Å². The van der Waals surface area contributed by atoms with Crippen molar-refractivity contribution in [1.82, 2.24) is 9.55 Å². The third-order valence-corrected chi connectivity index (χ3v) is 4.45. The number of rotatable bonds is 5. The maximum absolute atomic E-state index is 11.4. The van der Waals surface area contributed by atoms with Crippen LogP contribution < -0.4 is 0 Å². The number of aromatic nitrogens is 2. The van der Waals surface area contributed by atoms with Crippen molar-refractivity contribution >= 4 is 17.0 Å². The van der Waals surface area contributed by atoms with Gasteiger partial charge in [0.15, 0.2) is 0 Å². The monoisotopic (exact) mass is 286 g/mol. The maximum atomic E-state index is 11.4. The number of aromatic carboxylic acids is 1. The molecule has 2 aromatic rings. The number of hydrogen-bond donors (Lipinski definition) is 1. The van der Waals surface area contributed by atoms with Gasteiger partial charge in [0.05, 0.1) is 11.1 Å². The summed E-state index contributed by atoms with van der Waals surface area (Å²) in [5.41, 5.74) is 1.87. The summed E-state index contributed by atoms with van der Waals surface area (Å²) in [5, 5.41) is 9.35. The van der Waals surface area contributed by atoms with E-state index in [2.05, 4.69) is 30.3 Å². The number of carbonyl (C=O) groups is 1. The minimum absolute atomic E-state index is 0.283. The SMILES string of the molecule is CC(C)c1nc2c(C(=O)O)cccc2n1CC(C)C1CC1. The lowest BCUT2D eigenvalue weighted by molar-refractivity contribution is 0.0699. The number of hydrogen-bond acceptors (Lipinski definition) is 2. The van der Waals surface area contributed by atoms with Crippen LogP contribution in [0.4, 0.5) is 0 Å². The molecule has 0 bridgehead atoms. The molecule has 1 heterocycles. The van der Waals surface area contributed by atoms with Gasteiger partial charge in [0.25, 0.3) is 0 Å². The molecule has 0 amide bonds. The lowest BCUT2D eigenvalue weighted by atomic mass is 10.1. The fourth-order valence-corrected chi connectivity index (χ4v) is 3.07. The van der Waals surface area contributed by atoms with Crippen LogP contribution in [0.15, 0.2) is 18.2 Å². The van der Waals surface area contributed by atoms with Crippen molar-refractivity contribution in [2.24, 2.45) is 11.8 Å². The highest BCUT2D eigenvalue weighted by Gasteiger charge is 2.29. The van der Waals surface area contributed by atoms with Gasteiger partial charge in [-0.1, -0.05) is 26.8 Å². The Morgan fingerprint density at radius 1 is 1.38 bits per heavy atom. The molecule has 4 heteroatoms. The van der Waals surface area contributed by atoms with Crippen molar-refractivity contribution in [3.8, 4) is 0 Å². The van der Waals surface area contributed by atoms with Gasteiger partial charge in [-0.05, 0) is 36.8 Å². The van der Waals surface area contributed by atoms with Crippen molar-refractivity contribution in [3.63, 3.8) is 0 Å². The van der Waals surface area contributed by atoms with E-state index in [0.29, 0.717) is 17.0 Å². The van der Waals surface area contributed by atoms with Gasteiger partial charge in [-0.3, -0.25) is 0 Å². The van der Waals surface area contributed by atoms with E-state index in [1.807, 2.05) is 12.1 Å². The Hall–Kier alpha value is -1.84. The van der Waals surface area contributed by atoms with Gasteiger partial charge in [0.1, 0.15) is 11.3 Å². The number of fused-ring (bicyclic) bond motifs is 1. The van der Waals surface area contributed by atoms with Gasteiger partial charge >= 0.3 is 5.97 Å². The smallest absolute Gasteiger partial charge is 0.337 e. The topological polar surface area (TPSA) is 55.1 Å². The first-order valence-corrected chi connectivity index (χ1v) is 7.71. The zero-order valence-electron chi connectivity index (χ0n) is 12.8. The lowest BCUT2D eigenvalue weighted by Crippen LogP contribution is -2.13. The highest BCUT2D eigenvalue weighted by molar-refractivity contribution is 6.01. The zero-order chi connectivity index (χ0) is 15.1. The van der Waals surface area contributed by atoms with Crippen LogP contribution in [0, 0.1) is 11.8 Å². The summed E-state index contributed by atoms with van der Waals surface area (Å²) in [5.74, 6) is 1.81. The third kappa shape index (κ3) is 2.55. The molecule has 1 atom stereocenters. The molecule has 0 radical (unpaired) electrons. The molecule has 1 saturated carbocycles. The van der Waals surface area contributed by atoms with E-state index >= 15 is 0 Å². The van der Waals surface area contributed by atoms with E-state index in [-0.39, 0.29) is 5.92 Å². The molecule has 0 saturated heterocycles. The first kappa shape index (κ1) is 14.1. The molecule has 4 nitrogen and oxygen atoms in total. The van der Waals surface area contributed by atoms with Crippen LogP contribution >= 0.6 is 0 Å². The maximum Gasteiger partial charge on any atom is 0.337 e. The summed E-state index contributed by atoms with van der Waals surface area (Å²) in [6, 6.07) is 5.44.